The number of para-hydroxylation sites is 2. The Morgan fingerprint density at radius 3 is 2.30 bits per heavy atom. The monoisotopic (exact) mass is 471 g/mol. The van der Waals surface area contributed by atoms with Crippen molar-refractivity contribution in [1.29, 1.82) is 0 Å². The third-order valence-corrected chi connectivity index (χ3v) is 7.92. The molecule has 9 nitrogen and oxygen atoms in total. The van der Waals surface area contributed by atoms with Crippen molar-refractivity contribution < 1.29 is 13.2 Å². The van der Waals surface area contributed by atoms with Gasteiger partial charge >= 0.3 is 5.69 Å². The minimum absolute atomic E-state index is 0.0903. The summed E-state index contributed by atoms with van der Waals surface area (Å²) in [4.78, 5) is 27.6. The van der Waals surface area contributed by atoms with Crippen LogP contribution in [-0.2, 0) is 27.9 Å². The maximum Gasteiger partial charge on any atom is 0.329 e. The summed E-state index contributed by atoms with van der Waals surface area (Å²) in [6.07, 6.45) is 0.0903. The Morgan fingerprint density at radius 1 is 0.970 bits per heavy atom. The molecule has 3 aromatic rings. The smallest absolute Gasteiger partial charge is 0.326 e. The molecule has 1 amide bonds. The summed E-state index contributed by atoms with van der Waals surface area (Å²) >= 11 is 0. The van der Waals surface area contributed by atoms with E-state index in [0.29, 0.717) is 38.4 Å². The number of sulfonamides is 1. The quantitative estimate of drug-likeness (QED) is 0.567. The van der Waals surface area contributed by atoms with Crippen molar-refractivity contribution in [2.24, 2.45) is 0 Å². The molecule has 176 valence electrons. The largest absolute Gasteiger partial charge is 0.329 e. The van der Waals surface area contributed by atoms with Crippen molar-refractivity contribution >= 4 is 32.7 Å². The predicted molar refractivity (Wildman–Crippen MR) is 128 cm³/mol. The lowest BCUT2D eigenvalue weighted by Crippen LogP contribution is -2.47. The fraction of sp³-hybridized carbons (Fsp3) is 0.391. The zero-order valence-corrected chi connectivity index (χ0v) is 19.7. The Hall–Kier alpha value is -2.95. The molecule has 10 heteroatoms. The lowest BCUT2D eigenvalue weighted by atomic mass is 10.3. The van der Waals surface area contributed by atoms with E-state index in [1.54, 1.807) is 27.3 Å². The van der Waals surface area contributed by atoms with Crippen molar-refractivity contribution in [3.63, 3.8) is 0 Å². The third-order valence-electron chi connectivity index (χ3n) is 6.02. The van der Waals surface area contributed by atoms with Crippen LogP contribution < -0.4 is 11.0 Å². The van der Waals surface area contributed by atoms with E-state index in [1.807, 2.05) is 38.2 Å². The summed E-state index contributed by atoms with van der Waals surface area (Å²) in [6, 6.07) is 13.8. The number of nitrogens with one attached hydrogen (secondary N) is 1. The molecule has 1 N–H and O–H groups in total. The molecule has 0 atom stereocenters. The van der Waals surface area contributed by atoms with Crippen molar-refractivity contribution in [2.45, 2.75) is 31.3 Å². The van der Waals surface area contributed by atoms with E-state index in [9.17, 15) is 18.0 Å². The zero-order valence-electron chi connectivity index (χ0n) is 18.9. The molecule has 33 heavy (non-hydrogen) atoms. The average molecular weight is 472 g/mol. The van der Waals surface area contributed by atoms with Crippen molar-refractivity contribution in [2.75, 3.05) is 38.5 Å². The molecule has 1 aromatic heterocycles. The molecular weight excluding hydrogens is 442 g/mol. The van der Waals surface area contributed by atoms with Gasteiger partial charge in [-0.3, -0.25) is 13.9 Å². The second-order valence-electron chi connectivity index (χ2n) is 8.20. The van der Waals surface area contributed by atoms with Crippen LogP contribution in [0.15, 0.2) is 58.2 Å². The van der Waals surface area contributed by atoms with Gasteiger partial charge in [0.2, 0.25) is 15.9 Å². The topological polar surface area (TPSA) is 96.6 Å². The van der Waals surface area contributed by atoms with Crippen molar-refractivity contribution in [1.82, 2.24) is 18.3 Å². The highest BCUT2D eigenvalue weighted by Gasteiger charge is 2.27. The molecule has 1 aliphatic rings. The van der Waals surface area contributed by atoms with Crippen LogP contribution in [0.3, 0.4) is 0 Å². The number of piperazine rings is 1. The standard InChI is InChI=1S/C23H29N5O4S/c1-3-27-20-9-4-5-10-21(20)28(23(27)30)12-11-22(29)24-18-7-6-8-19(17-18)33(31,32)26-15-13-25(2)14-16-26/h4-10,17H,3,11-16H2,1-2H3,(H,24,29). The molecule has 1 saturated heterocycles. The number of amides is 1. The van der Waals surface area contributed by atoms with E-state index in [2.05, 4.69) is 10.2 Å². The van der Waals surface area contributed by atoms with Gasteiger partial charge in [0.1, 0.15) is 0 Å². The number of fused-ring (bicyclic) bond motifs is 1. The van der Waals surface area contributed by atoms with Gasteiger partial charge in [-0.15, -0.1) is 0 Å². The number of aryl methyl sites for hydroxylation is 2. The van der Waals surface area contributed by atoms with Gasteiger partial charge in [0.15, 0.2) is 0 Å². The van der Waals surface area contributed by atoms with Gasteiger partial charge in [0, 0.05) is 51.4 Å². The highest BCUT2D eigenvalue weighted by molar-refractivity contribution is 7.89. The van der Waals surface area contributed by atoms with Gasteiger partial charge in [-0.1, -0.05) is 18.2 Å². The molecule has 2 aromatic carbocycles. The predicted octanol–water partition coefficient (Wildman–Crippen LogP) is 1.79. The molecule has 2 heterocycles. The summed E-state index contributed by atoms with van der Waals surface area (Å²) in [5, 5.41) is 2.77. The number of rotatable bonds is 7. The maximum atomic E-state index is 13.0. The Bertz CT molecular complexity index is 1320. The normalized spacial score (nSPS) is 15.7. The number of aromatic nitrogens is 2. The van der Waals surface area contributed by atoms with E-state index in [-0.39, 0.29) is 29.5 Å². The van der Waals surface area contributed by atoms with E-state index in [0.717, 1.165) is 11.0 Å². The first-order chi connectivity index (χ1) is 15.8. The number of hydrogen-bond donors (Lipinski definition) is 1. The highest BCUT2D eigenvalue weighted by Crippen LogP contribution is 2.21. The molecule has 1 fully saturated rings. The summed E-state index contributed by atoms with van der Waals surface area (Å²) in [5.41, 5.74) is 1.90. The summed E-state index contributed by atoms with van der Waals surface area (Å²) in [7, 11) is -1.66. The van der Waals surface area contributed by atoms with Crippen molar-refractivity contribution in [3.05, 3.63) is 59.0 Å². The molecular formula is C23H29N5O4S. The number of likely N-dealkylation sites (N-methyl/N-ethyl adjacent to an activating group) is 1. The van der Waals surface area contributed by atoms with Gasteiger partial charge in [-0.2, -0.15) is 4.31 Å². The minimum atomic E-state index is -3.62. The lowest BCUT2D eigenvalue weighted by molar-refractivity contribution is -0.116. The molecule has 0 radical (unpaired) electrons. The fourth-order valence-electron chi connectivity index (χ4n) is 4.14. The molecule has 1 aliphatic heterocycles. The Morgan fingerprint density at radius 2 is 1.64 bits per heavy atom. The summed E-state index contributed by atoms with van der Waals surface area (Å²) in [6.45, 7) is 4.94. The first kappa shape index (κ1) is 23.2. The van der Waals surface area contributed by atoms with Gasteiger partial charge < -0.3 is 10.2 Å². The van der Waals surface area contributed by atoms with Crippen LogP contribution in [0.1, 0.15) is 13.3 Å². The van der Waals surface area contributed by atoms with Gasteiger partial charge in [-0.05, 0) is 44.3 Å². The van der Waals surface area contributed by atoms with E-state index in [1.165, 1.54) is 10.4 Å². The van der Waals surface area contributed by atoms with Crippen LogP contribution in [0.4, 0.5) is 5.69 Å². The molecule has 0 spiro atoms. The average Bonchev–Trinajstić information content (AvgIpc) is 3.08. The van der Waals surface area contributed by atoms with Crippen LogP contribution in [0.5, 0.6) is 0 Å². The van der Waals surface area contributed by atoms with Gasteiger partial charge in [-0.25, -0.2) is 13.2 Å². The molecule has 0 saturated carbocycles. The first-order valence-corrected chi connectivity index (χ1v) is 12.5. The van der Waals surface area contributed by atoms with Crippen LogP contribution in [0.2, 0.25) is 0 Å². The van der Waals surface area contributed by atoms with Crippen LogP contribution in [0, 0.1) is 0 Å². The minimum Gasteiger partial charge on any atom is -0.326 e. The number of carbonyl (C=O) groups is 1. The van der Waals surface area contributed by atoms with Gasteiger partial charge in [0.25, 0.3) is 0 Å². The number of benzene rings is 2. The molecule has 0 bridgehead atoms. The van der Waals surface area contributed by atoms with E-state index in [4.69, 9.17) is 0 Å². The molecule has 0 unspecified atom stereocenters. The Labute approximate surface area is 193 Å². The van der Waals surface area contributed by atoms with E-state index >= 15 is 0 Å². The number of anilines is 1. The van der Waals surface area contributed by atoms with Crippen LogP contribution in [-0.4, -0.2) is 65.9 Å². The van der Waals surface area contributed by atoms with Gasteiger partial charge in [0.05, 0.1) is 15.9 Å². The van der Waals surface area contributed by atoms with Crippen LogP contribution >= 0.6 is 0 Å². The lowest BCUT2D eigenvalue weighted by Gasteiger charge is -2.31. The second-order valence-corrected chi connectivity index (χ2v) is 10.1. The number of nitrogens with zero attached hydrogens (tertiary/aromatic N) is 4. The number of carbonyl (C=O) groups excluding carboxylic acids is 1. The third kappa shape index (κ3) is 4.73. The Balaban J connectivity index is 1.46. The van der Waals surface area contributed by atoms with Crippen LogP contribution in [0.25, 0.3) is 11.0 Å². The van der Waals surface area contributed by atoms with Crippen molar-refractivity contribution in [3.8, 4) is 0 Å². The Kier molecular flexibility index (Phi) is 6.68. The SMILES string of the molecule is CCn1c(=O)n(CCC(=O)Nc2cccc(S(=O)(=O)N3CCN(C)CC3)c2)c2ccccc21. The summed E-state index contributed by atoms with van der Waals surface area (Å²) < 4.78 is 30.7. The fourth-order valence-corrected chi connectivity index (χ4v) is 5.61. The highest BCUT2D eigenvalue weighted by atomic mass is 32.2. The summed E-state index contributed by atoms with van der Waals surface area (Å²) in [5.74, 6) is -0.288. The first-order valence-electron chi connectivity index (χ1n) is 11.1. The van der Waals surface area contributed by atoms with E-state index < -0.39 is 10.0 Å². The molecule has 4 rings (SSSR count). The second kappa shape index (κ2) is 9.50. The molecule has 0 aliphatic carbocycles. The number of imidazole rings is 1. The maximum absolute atomic E-state index is 13.0. The number of hydrogen-bond acceptors (Lipinski definition) is 5. The zero-order chi connectivity index (χ0) is 23.6.